The van der Waals surface area contributed by atoms with E-state index in [0.29, 0.717) is 11.4 Å². The average molecular weight is 442 g/mol. The van der Waals surface area contributed by atoms with Crippen LogP contribution in [0, 0.1) is 6.92 Å². The van der Waals surface area contributed by atoms with Crippen LogP contribution >= 0.6 is 15.9 Å². The van der Waals surface area contributed by atoms with Crippen LogP contribution in [0.15, 0.2) is 63.3 Å². The van der Waals surface area contributed by atoms with Gasteiger partial charge in [0.15, 0.2) is 12.1 Å². The van der Waals surface area contributed by atoms with Crippen LogP contribution in [0.2, 0.25) is 0 Å². The third-order valence-electron chi connectivity index (χ3n) is 4.67. The van der Waals surface area contributed by atoms with Crippen LogP contribution in [0.1, 0.15) is 5.56 Å². The third-order valence-corrected chi connectivity index (χ3v) is 5.20. The predicted molar refractivity (Wildman–Crippen MR) is 106 cm³/mol. The number of fused-ring (bicyclic) bond motifs is 1. The smallest absolute Gasteiger partial charge is 0.263 e. The fourth-order valence-electron chi connectivity index (χ4n) is 3.25. The molecule has 1 fully saturated rings. The van der Waals surface area contributed by atoms with Gasteiger partial charge in [-0.25, -0.2) is 4.90 Å². The van der Waals surface area contributed by atoms with E-state index < -0.39 is 23.9 Å². The Bertz CT molecular complexity index is 991. The van der Waals surface area contributed by atoms with E-state index in [4.69, 9.17) is 0 Å². The Morgan fingerprint density at radius 3 is 2.54 bits per heavy atom. The van der Waals surface area contributed by atoms with E-state index in [1.807, 2.05) is 25.1 Å². The summed E-state index contributed by atoms with van der Waals surface area (Å²) in [7, 11) is 0. The quantitative estimate of drug-likeness (QED) is 0.737. The topological polar surface area (TPSA) is 94.4 Å². The molecule has 9 heteroatoms. The fraction of sp³-hybridized carbons (Fsp3) is 0.211. The highest BCUT2D eigenvalue weighted by Gasteiger charge is 2.55. The number of hydrogen-bond donors (Lipinski definition) is 1. The second kappa shape index (κ2) is 7.16. The molecule has 0 spiro atoms. The first-order valence-electron chi connectivity index (χ1n) is 8.62. The van der Waals surface area contributed by atoms with Gasteiger partial charge in [0.1, 0.15) is 6.54 Å². The molecule has 28 heavy (non-hydrogen) atoms. The van der Waals surface area contributed by atoms with Gasteiger partial charge >= 0.3 is 0 Å². The summed E-state index contributed by atoms with van der Waals surface area (Å²) in [4.78, 5) is 39.1. The number of amides is 3. The number of halogens is 1. The molecule has 142 valence electrons. The molecule has 3 amide bonds. The monoisotopic (exact) mass is 441 g/mol. The normalized spacial score (nSPS) is 20.6. The zero-order chi connectivity index (χ0) is 19.8. The molecule has 2 aliphatic rings. The van der Waals surface area contributed by atoms with Gasteiger partial charge in [0, 0.05) is 10.2 Å². The predicted octanol–water partition coefficient (Wildman–Crippen LogP) is 2.69. The van der Waals surface area contributed by atoms with Crippen molar-refractivity contribution in [3.8, 4) is 0 Å². The number of imide groups is 1. The van der Waals surface area contributed by atoms with Crippen molar-refractivity contribution >= 4 is 45.0 Å². The van der Waals surface area contributed by atoms with Gasteiger partial charge in [-0.1, -0.05) is 39.4 Å². The SMILES string of the molecule is Cc1ccccc1NC(=O)CN1N=N[C@@H]2C(=O)N(c3ccc(Br)cc3)C(=O)[C@@H]21. The Hall–Kier alpha value is -3.07. The summed E-state index contributed by atoms with van der Waals surface area (Å²) in [5.41, 5.74) is 2.07. The molecule has 0 bridgehead atoms. The van der Waals surface area contributed by atoms with Crippen LogP contribution in [0.5, 0.6) is 0 Å². The first kappa shape index (κ1) is 18.3. The Balaban J connectivity index is 1.49. The number of aryl methyl sites for hydroxylation is 1. The van der Waals surface area contributed by atoms with Crippen LogP contribution in [0.4, 0.5) is 11.4 Å². The van der Waals surface area contributed by atoms with Crippen molar-refractivity contribution in [2.75, 3.05) is 16.8 Å². The largest absolute Gasteiger partial charge is 0.324 e. The van der Waals surface area contributed by atoms with Crippen molar-refractivity contribution in [1.29, 1.82) is 0 Å². The lowest BCUT2D eigenvalue weighted by Gasteiger charge is -2.20. The number of anilines is 2. The van der Waals surface area contributed by atoms with Crippen LogP contribution in [-0.4, -0.2) is 41.4 Å². The molecule has 2 aromatic carbocycles. The van der Waals surface area contributed by atoms with Crippen LogP contribution in [0.3, 0.4) is 0 Å². The number of nitrogens with one attached hydrogen (secondary N) is 1. The molecular weight excluding hydrogens is 426 g/mol. The summed E-state index contributed by atoms with van der Waals surface area (Å²) < 4.78 is 0.838. The maximum Gasteiger partial charge on any atom is 0.263 e. The lowest BCUT2D eigenvalue weighted by Crippen LogP contribution is -2.43. The molecule has 0 aliphatic carbocycles. The number of para-hydroxylation sites is 1. The highest BCUT2D eigenvalue weighted by Crippen LogP contribution is 2.32. The van der Waals surface area contributed by atoms with Crippen molar-refractivity contribution < 1.29 is 14.4 Å². The number of rotatable bonds is 4. The van der Waals surface area contributed by atoms with E-state index in [9.17, 15) is 14.4 Å². The maximum absolute atomic E-state index is 12.9. The van der Waals surface area contributed by atoms with Gasteiger partial charge in [-0.15, -0.1) is 0 Å². The standard InChI is InChI=1S/C19H16BrN5O3/c1-11-4-2-3-5-14(11)21-15(26)10-24-17-16(22-23-24)18(27)25(19(17)28)13-8-6-12(20)7-9-13/h2-9,16-17H,10H2,1H3,(H,21,26)/t16-,17+/m0/s1. The molecule has 2 heterocycles. The molecule has 2 aromatic rings. The third kappa shape index (κ3) is 3.18. The Kier molecular flexibility index (Phi) is 4.68. The zero-order valence-corrected chi connectivity index (χ0v) is 16.5. The lowest BCUT2D eigenvalue weighted by atomic mass is 10.1. The Labute approximate surface area is 169 Å². The summed E-state index contributed by atoms with van der Waals surface area (Å²) in [6, 6.07) is 12.4. The van der Waals surface area contributed by atoms with Crippen LogP contribution in [-0.2, 0) is 14.4 Å². The number of carbonyl (C=O) groups is 3. The van der Waals surface area contributed by atoms with E-state index in [1.165, 1.54) is 5.01 Å². The summed E-state index contributed by atoms with van der Waals surface area (Å²) in [5, 5.41) is 11.9. The van der Waals surface area contributed by atoms with E-state index in [0.717, 1.165) is 14.9 Å². The second-order valence-corrected chi connectivity index (χ2v) is 7.46. The van der Waals surface area contributed by atoms with Crippen molar-refractivity contribution in [1.82, 2.24) is 5.01 Å². The molecule has 2 atom stereocenters. The lowest BCUT2D eigenvalue weighted by molar-refractivity contribution is -0.123. The highest BCUT2D eigenvalue weighted by molar-refractivity contribution is 9.10. The summed E-state index contributed by atoms with van der Waals surface area (Å²) in [6.07, 6.45) is 0. The second-order valence-electron chi connectivity index (χ2n) is 6.54. The number of nitrogens with zero attached hydrogens (tertiary/aromatic N) is 4. The van der Waals surface area contributed by atoms with Crippen LogP contribution in [0.25, 0.3) is 0 Å². The van der Waals surface area contributed by atoms with Gasteiger partial charge in [0.05, 0.1) is 5.69 Å². The van der Waals surface area contributed by atoms with Gasteiger partial charge in [0.25, 0.3) is 11.8 Å². The summed E-state index contributed by atoms with van der Waals surface area (Å²) in [6.45, 7) is 1.71. The van der Waals surface area contributed by atoms with Crippen LogP contribution < -0.4 is 10.2 Å². The fourth-order valence-corrected chi connectivity index (χ4v) is 3.51. The van der Waals surface area contributed by atoms with E-state index in [2.05, 4.69) is 31.6 Å². The average Bonchev–Trinajstić information content (AvgIpc) is 3.18. The molecule has 0 saturated carbocycles. The minimum Gasteiger partial charge on any atom is -0.324 e. The van der Waals surface area contributed by atoms with Gasteiger partial charge < -0.3 is 5.32 Å². The molecule has 0 radical (unpaired) electrons. The molecule has 2 aliphatic heterocycles. The molecule has 8 nitrogen and oxygen atoms in total. The first-order valence-corrected chi connectivity index (χ1v) is 9.41. The summed E-state index contributed by atoms with van der Waals surface area (Å²) in [5.74, 6) is -1.22. The minimum atomic E-state index is -0.928. The Morgan fingerprint density at radius 1 is 1.11 bits per heavy atom. The molecule has 1 saturated heterocycles. The van der Waals surface area contributed by atoms with Crippen molar-refractivity contribution in [2.45, 2.75) is 19.0 Å². The maximum atomic E-state index is 12.9. The molecular formula is C19H16BrN5O3. The number of benzene rings is 2. The van der Waals surface area contributed by atoms with Gasteiger partial charge in [-0.2, -0.15) is 5.11 Å². The molecule has 0 aromatic heterocycles. The van der Waals surface area contributed by atoms with Crippen molar-refractivity contribution in [3.63, 3.8) is 0 Å². The molecule has 4 rings (SSSR count). The molecule has 0 unspecified atom stereocenters. The van der Waals surface area contributed by atoms with Gasteiger partial charge in [-0.3, -0.25) is 19.4 Å². The number of hydrogen-bond acceptors (Lipinski definition) is 6. The van der Waals surface area contributed by atoms with Gasteiger partial charge in [-0.05, 0) is 42.8 Å². The molecule has 1 N–H and O–H groups in total. The zero-order valence-electron chi connectivity index (χ0n) is 14.9. The minimum absolute atomic E-state index is 0.174. The summed E-state index contributed by atoms with van der Waals surface area (Å²) >= 11 is 3.33. The number of carbonyl (C=O) groups excluding carboxylic acids is 3. The van der Waals surface area contributed by atoms with Crippen molar-refractivity contribution in [3.05, 3.63) is 58.6 Å². The Morgan fingerprint density at radius 2 is 1.82 bits per heavy atom. The van der Waals surface area contributed by atoms with E-state index in [-0.39, 0.29) is 12.5 Å². The highest BCUT2D eigenvalue weighted by atomic mass is 79.9. The van der Waals surface area contributed by atoms with Crippen molar-refractivity contribution in [2.24, 2.45) is 10.3 Å². The van der Waals surface area contributed by atoms with E-state index in [1.54, 1.807) is 30.3 Å². The van der Waals surface area contributed by atoms with Gasteiger partial charge in [0.2, 0.25) is 5.91 Å². The first-order chi connectivity index (χ1) is 13.5. The van der Waals surface area contributed by atoms with E-state index >= 15 is 0 Å².